The van der Waals surface area contributed by atoms with Crippen molar-refractivity contribution in [2.45, 2.75) is 26.8 Å². The van der Waals surface area contributed by atoms with Crippen LogP contribution in [0.3, 0.4) is 0 Å². The fourth-order valence-corrected chi connectivity index (χ4v) is 3.09. The van der Waals surface area contributed by atoms with E-state index in [1.54, 1.807) is 66.6 Å². The zero-order chi connectivity index (χ0) is 25.8. The summed E-state index contributed by atoms with van der Waals surface area (Å²) < 4.78 is 10.1. The molecule has 0 bridgehead atoms. The van der Waals surface area contributed by atoms with Crippen molar-refractivity contribution in [3.8, 4) is 5.75 Å². The zero-order valence-corrected chi connectivity index (χ0v) is 20.4. The number of nitrogens with zero attached hydrogens (tertiary/aromatic N) is 1. The molecule has 0 spiro atoms. The molecule has 0 heterocycles. The maximum absolute atomic E-state index is 12.5. The van der Waals surface area contributed by atoms with Gasteiger partial charge in [0.15, 0.2) is 6.61 Å². The van der Waals surface area contributed by atoms with Crippen LogP contribution in [-0.4, -0.2) is 61.4 Å². The highest BCUT2D eigenvalue weighted by Crippen LogP contribution is 2.14. The highest BCUT2D eigenvalue weighted by Gasteiger charge is 2.18. The van der Waals surface area contributed by atoms with Gasteiger partial charge in [0.05, 0.1) is 7.11 Å². The zero-order valence-electron chi connectivity index (χ0n) is 20.4. The van der Waals surface area contributed by atoms with Crippen molar-refractivity contribution in [2.24, 2.45) is 0 Å². The summed E-state index contributed by atoms with van der Waals surface area (Å²) in [5, 5.41) is 5.09. The lowest BCUT2D eigenvalue weighted by Gasteiger charge is -2.19. The minimum atomic E-state index is -0.953. The Morgan fingerprint density at radius 3 is 2.34 bits per heavy atom. The fourth-order valence-electron chi connectivity index (χ4n) is 3.09. The second-order valence-corrected chi connectivity index (χ2v) is 7.55. The van der Waals surface area contributed by atoms with Crippen LogP contribution in [0.2, 0.25) is 0 Å². The Hall–Kier alpha value is -4.14. The number of carbonyl (C=O) groups is 4. The van der Waals surface area contributed by atoms with Crippen LogP contribution in [0.25, 0.3) is 6.08 Å². The van der Waals surface area contributed by atoms with Crippen LogP contribution in [0.1, 0.15) is 36.7 Å². The van der Waals surface area contributed by atoms with E-state index in [1.165, 1.54) is 13.0 Å². The van der Waals surface area contributed by atoms with Crippen molar-refractivity contribution in [3.63, 3.8) is 0 Å². The molecule has 0 radical (unpaired) electrons. The molecule has 0 aliphatic heterocycles. The van der Waals surface area contributed by atoms with Gasteiger partial charge in [-0.05, 0) is 62.7 Å². The number of nitrogens with one attached hydrogen (secondary N) is 2. The number of rotatable bonds is 11. The van der Waals surface area contributed by atoms with Crippen LogP contribution in [-0.2, 0) is 19.1 Å². The predicted octanol–water partition coefficient (Wildman–Crippen LogP) is 2.88. The van der Waals surface area contributed by atoms with Gasteiger partial charge in [-0.25, -0.2) is 4.79 Å². The van der Waals surface area contributed by atoms with E-state index >= 15 is 0 Å². The Morgan fingerprint density at radius 1 is 1.03 bits per heavy atom. The van der Waals surface area contributed by atoms with Gasteiger partial charge in [-0.2, -0.15) is 0 Å². The molecule has 2 aromatic rings. The first-order valence-electron chi connectivity index (χ1n) is 11.3. The van der Waals surface area contributed by atoms with E-state index in [-0.39, 0.29) is 5.91 Å². The molecule has 0 fully saturated rings. The van der Waals surface area contributed by atoms with Crippen molar-refractivity contribution in [1.82, 2.24) is 10.2 Å². The SMILES string of the molecule is CCN(CC)C(=O)c1cccc(NC(=O)COC(=O)[C@H](C)NC(=O)/C=C/c2ccc(OC)cc2)c1. The summed E-state index contributed by atoms with van der Waals surface area (Å²) in [7, 11) is 1.57. The molecule has 186 valence electrons. The van der Waals surface area contributed by atoms with Crippen LogP contribution in [0.15, 0.2) is 54.6 Å². The maximum atomic E-state index is 12.5. The topological polar surface area (TPSA) is 114 Å². The van der Waals surface area contributed by atoms with Crippen molar-refractivity contribution in [1.29, 1.82) is 0 Å². The van der Waals surface area contributed by atoms with Crippen LogP contribution in [0.5, 0.6) is 5.75 Å². The smallest absolute Gasteiger partial charge is 0.328 e. The van der Waals surface area contributed by atoms with Gasteiger partial charge in [0.25, 0.3) is 11.8 Å². The second-order valence-electron chi connectivity index (χ2n) is 7.55. The van der Waals surface area contributed by atoms with Gasteiger partial charge in [-0.15, -0.1) is 0 Å². The Morgan fingerprint density at radius 2 is 1.71 bits per heavy atom. The number of carbonyl (C=O) groups excluding carboxylic acids is 4. The van der Waals surface area contributed by atoms with E-state index in [0.29, 0.717) is 30.1 Å². The van der Waals surface area contributed by atoms with Gasteiger partial charge >= 0.3 is 5.97 Å². The van der Waals surface area contributed by atoms with Crippen LogP contribution in [0, 0.1) is 0 Å². The van der Waals surface area contributed by atoms with Gasteiger partial charge < -0.3 is 25.0 Å². The molecule has 9 heteroatoms. The summed E-state index contributed by atoms with van der Waals surface area (Å²) in [5.41, 5.74) is 1.65. The monoisotopic (exact) mass is 481 g/mol. The Kier molecular flexibility index (Phi) is 10.5. The third kappa shape index (κ3) is 8.62. The van der Waals surface area contributed by atoms with Gasteiger partial charge in [0, 0.05) is 30.4 Å². The lowest BCUT2D eigenvalue weighted by molar-refractivity contribution is -0.149. The largest absolute Gasteiger partial charge is 0.497 e. The standard InChI is InChI=1S/C26H31N3O6/c1-5-29(6-2)25(32)20-8-7-9-21(16-20)28-24(31)17-35-26(33)18(3)27-23(30)15-12-19-10-13-22(34-4)14-11-19/h7-16,18H,5-6,17H2,1-4H3,(H,27,30)(H,28,31)/b15-12+/t18-/m0/s1. The number of anilines is 1. The van der Waals surface area contributed by atoms with E-state index < -0.39 is 30.4 Å². The summed E-state index contributed by atoms with van der Waals surface area (Å²) in [6.07, 6.45) is 2.89. The molecular weight excluding hydrogens is 450 g/mol. The third-order valence-electron chi connectivity index (χ3n) is 5.04. The Labute approximate surface area is 205 Å². The molecule has 0 aromatic heterocycles. The number of benzene rings is 2. The van der Waals surface area contributed by atoms with Gasteiger partial charge in [0.1, 0.15) is 11.8 Å². The summed E-state index contributed by atoms with van der Waals surface area (Å²) in [6, 6.07) is 12.7. The van der Waals surface area contributed by atoms with E-state index in [1.807, 2.05) is 13.8 Å². The van der Waals surface area contributed by atoms with Gasteiger partial charge in [-0.3, -0.25) is 14.4 Å². The van der Waals surface area contributed by atoms with E-state index in [2.05, 4.69) is 10.6 Å². The van der Waals surface area contributed by atoms with E-state index in [0.717, 1.165) is 5.56 Å². The van der Waals surface area contributed by atoms with Crippen molar-refractivity contribution in [2.75, 3.05) is 32.1 Å². The molecule has 0 aliphatic carbocycles. The molecular formula is C26H31N3O6. The van der Waals surface area contributed by atoms with E-state index in [9.17, 15) is 19.2 Å². The molecule has 2 aromatic carbocycles. The van der Waals surface area contributed by atoms with Gasteiger partial charge in [0.2, 0.25) is 5.91 Å². The maximum Gasteiger partial charge on any atom is 0.328 e. The fraction of sp³-hybridized carbons (Fsp3) is 0.308. The predicted molar refractivity (Wildman–Crippen MR) is 133 cm³/mol. The number of hydrogen-bond donors (Lipinski definition) is 2. The average molecular weight is 482 g/mol. The van der Waals surface area contributed by atoms with Crippen LogP contribution in [0.4, 0.5) is 5.69 Å². The molecule has 2 N–H and O–H groups in total. The highest BCUT2D eigenvalue weighted by molar-refractivity contribution is 5.98. The molecule has 0 saturated carbocycles. The first kappa shape index (κ1) is 27.1. The average Bonchev–Trinajstić information content (AvgIpc) is 2.87. The Bertz CT molecular complexity index is 1060. The third-order valence-corrected chi connectivity index (χ3v) is 5.04. The van der Waals surface area contributed by atoms with Gasteiger partial charge in [-0.1, -0.05) is 18.2 Å². The van der Waals surface area contributed by atoms with E-state index in [4.69, 9.17) is 9.47 Å². The lowest BCUT2D eigenvalue weighted by atomic mass is 10.1. The molecule has 2 rings (SSSR count). The number of methoxy groups -OCH3 is 1. The lowest BCUT2D eigenvalue weighted by Crippen LogP contribution is -2.39. The number of esters is 1. The summed E-state index contributed by atoms with van der Waals surface area (Å²) in [5.74, 6) is -1.24. The van der Waals surface area contributed by atoms with Crippen molar-refractivity contribution < 1.29 is 28.7 Å². The molecule has 35 heavy (non-hydrogen) atoms. The number of ether oxygens (including phenoxy) is 2. The highest BCUT2D eigenvalue weighted by atomic mass is 16.5. The van der Waals surface area contributed by atoms with Crippen molar-refractivity contribution >= 4 is 35.5 Å². The summed E-state index contributed by atoms with van der Waals surface area (Å²) >= 11 is 0. The number of amides is 3. The molecule has 0 saturated heterocycles. The minimum Gasteiger partial charge on any atom is -0.497 e. The van der Waals surface area contributed by atoms with Crippen LogP contribution < -0.4 is 15.4 Å². The Balaban J connectivity index is 1.82. The second kappa shape index (κ2) is 13.5. The molecule has 1 atom stereocenters. The molecule has 3 amide bonds. The number of hydrogen-bond acceptors (Lipinski definition) is 6. The summed E-state index contributed by atoms with van der Waals surface area (Å²) in [4.78, 5) is 50.6. The summed E-state index contributed by atoms with van der Waals surface area (Å²) in [6.45, 7) is 5.86. The van der Waals surface area contributed by atoms with Crippen LogP contribution >= 0.6 is 0 Å². The first-order chi connectivity index (χ1) is 16.8. The molecule has 0 unspecified atom stereocenters. The molecule has 9 nitrogen and oxygen atoms in total. The quantitative estimate of drug-likeness (QED) is 0.377. The van der Waals surface area contributed by atoms with Crippen molar-refractivity contribution in [3.05, 3.63) is 65.7 Å². The molecule has 0 aliphatic rings. The first-order valence-corrected chi connectivity index (χ1v) is 11.3. The normalized spacial score (nSPS) is 11.4. The minimum absolute atomic E-state index is 0.136.